The number of sulfonamides is 1. The molecule has 0 aliphatic carbocycles. The quantitative estimate of drug-likeness (QED) is 0.711. The highest BCUT2D eigenvalue weighted by atomic mass is 32.2. The van der Waals surface area contributed by atoms with Crippen LogP contribution in [0, 0.1) is 0 Å². The fourth-order valence-corrected chi connectivity index (χ4v) is 3.67. The molecule has 1 aromatic heterocycles. The number of para-hydroxylation sites is 1. The standard InChI is InChI=1S/C14H19N3O2S2/c1-2-5-10(12-7-4-9-20-12)17-11-6-3-8-13(14(11)15)21(16,18)19/h3-4,6-10,17H,2,5,15H2,1H3,(H2,16,18,19). The van der Waals surface area contributed by atoms with Gasteiger partial charge in [0.05, 0.1) is 17.4 Å². The summed E-state index contributed by atoms with van der Waals surface area (Å²) in [5.74, 6) is 0. The van der Waals surface area contributed by atoms with Crippen LogP contribution in [0.25, 0.3) is 0 Å². The SMILES string of the molecule is CCCC(Nc1cccc(S(N)(=O)=O)c1N)c1cccs1. The minimum absolute atomic E-state index is 0.0473. The minimum Gasteiger partial charge on any atom is -0.396 e. The molecule has 0 saturated heterocycles. The first-order chi connectivity index (χ1) is 9.93. The van der Waals surface area contributed by atoms with Gasteiger partial charge in [-0.1, -0.05) is 25.5 Å². The molecule has 0 spiro atoms. The largest absolute Gasteiger partial charge is 0.396 e. The van der Waals surface area contributed by atoms with Crippen LogP contribution in [-0.4, -0.2) is 8.42 Å². The molecule has 0 saturated carbocycles. The number of nitrogens with one attached hydrogen (secondary N) is 1. The number of nitrogen functional groups attached to an aromatic ring is 1. The molecule has 5 nitrogen and oxygen atoms in total. The molecule has 1 heterocycles. The molecule has 0 radical (unpaired) electrons. The summed E-state index contributed by atoms with van der Waals surface area (Å²) in [5.41, 5.74) is 6.70. The van der Waals surface area contributed by atoms with E-state index in [0.717, 1.165) is 12.8 Å². The number of hydrogen-bond acceptors (Lipinski definition) is 5. The van der Waals surface area contributed by atoms with Crippen LogP contribution in [0.5, 0.6) is 0 Å². The van der Waals surface area contributed by atoms with Gasteiger partial charge in [0.2, 0.25) is 10.0 Å². The van der Waals surface area contributed by atoms with Gasteiger partial charge in [0.25, 0.3) is 0 Å². The van der Waals surface area contributed by atoms with Crippen molar-refractivity contribution in [3.05, 3.63) is 40.6 Å². The molecule has 0 aliphatic heterocycles. The van der Waals surface area contributed by atoms with Crippen LogP contribution in [0.15, 0.2) is 40.6 Å². The van der Waals surface area contributed by atoms with E-state index < -0.39 is 10.0 Å². The molecule has 114 valence electrons. The molecule has 5 N–H and O–H groups in total. The van der Waals surface area contributed by atoms with Gasteiger partial charge >= 0.3 is 0 Å². The Morgan fingerprint density at radius 1 is 1.29 bits per heavy atom. The molecule has 1 unspecified atom stereocenters. The van der Waals surface area contributed by atoms with Gasteiger partial charge in [0.15, 0.2) is 0 Å². The Hall–Kier alpha value is -1.57. The maximum absolute atomic E-state index is 11.5. The normalized spacial score (nSPS) is 13.0. The van der Waals surface area contributed by atoms with E-state index >= 15 is 0 Å². The molecule has 0 bridgehead atoms. The third-order valence-corrected chi connectivity index (χ3v) is 5.12. The fourth-order valence-electron chi connectivity index (χ4n) is 2.17. The lowest BCUT2D eigenvalue weighted by molar-refractivity contribution is 0.598. The van der Waals surface area contributed by atoms with Crippen molar-refractivity contribution >= 4 is 32.7 Å². The monoisotopic (exact) mass is 325 g/mol. The fraction of sp³-hybridized carbons (Fsp3) is 0.286. The van der Waals surface area contributed by atoms with E-state index in [1.807, 2.05) is 11.4 Å². The number of benzene rings is 1. The van der Waals surface area contributed by atoms with Crippen molar-refractivity contribution < 1.29 is 8.42 Å². The summed E-state index contributed by atoms with van der Waals surface area (Å²) in [6.45, 7) is 2.10. The van der Waals surface area contributed by atoms with Crippen molar-refractivity contribution in [2.75, 3.05) is 11.1 Å². The third-order valence-electron chi connectivity index (χ3n) is 3.17. The maximum atomic E-state index is 11.5. The van der Waals surface area contributed by atoms with Gasteiger partial charge in [0, 0.05) is 4.88 Å². The van der Waals surface area contributed by atoms with Crippen molar-refractivity contribution in [2.45, 2.75) is 30.7 Å². The Morgan fingerprint density at radius 2 is 2.05 bits per heavy atom. The molecule has 2 aromatic rings. The smallest absolute Gasteiger partial charge is 0.240 e. The van der Waals surface area contributed by atoms with Gasteiger partial charge < -0.3 is 11.1 Å². The zero-order valence-electron chi connectivity index (χ0n) is 11.7. The van der Waals surface area contributed by atoms with E-state index in [0.29, 0.717) is 5.69 Å². The Kier molecular flexibility index (Phi) is 4.87. The summed E-state index contributed by atoms with van der Waals surface area (Å²) in [4.78, 5) is 1.14. The highest BCUT2D eigenvalue weighted by Gasteiger charge is 2.18. The van der Waals surface area contributed by atoms with Crippen LogP contribution in [0.3, 0.4) is 0 Å². The highest BCUT2D eigenvalue weighted by Crippen LogP contribution is 2.32. The van der Waals surface area contributed by atoms with Crippen molar-refractivity contribution in [3.63, 3.8) is 0 Å². The van der Waals surface area contributed by atoms with Crippen LogP contribution in [0.4, 0.5) is 11.4 Å². The highest BCUT2D eigenvalue weighted by molar-refractivity contribution is 7.89. The lowest BCUT2D eigenvalue weighted by Gasteiger charge is -2.20. The Bertz CT molecular complexity index is 697. The first kappa shape index (κ1) is 15.8. The van der Waals surface area contributed by atoms with Crippen LogP contribution in [-0.2, 0) is 10.0 Å². The zero-order chi connectivity index (χ0) is 15.5. The summed E-state index contributed by atoms with van der Waals surface area (Å²) in [5, 5.41) is 10.5. The average molecular weight is 325 g/mol. The number of anilines is 2. The van der Waals surface area contributed by atoms with Crippen molar-refractivity contribution in [2.24, 2.45) is 5.14 Å². The number of nitrogens with two attached hydrogens (primary N) is 2. The number of primary sulfonamides is 1. The molecular weight excluding hydrogens is 306 g/mol. The molecule has 7 heteroatoms. The van der Waals surface area contributed by atoms with E-state index in [9.17, 15) is 8.42 Å². The van der Waals surface area contributed by atoms with E-state index in [1.54, 1.807) is 23.5 Å². The Balaban J connectivity index is 2.34. The Labute approximate surface area is 129 Å². The van der Waals surface area contributed by atoms with Gasteiger partial charge in [-0.25, -0.2) is 13.6 Å². The molecule has 1 aromatic carbocycles. The van der Waals surface area contributed by atoms with Gasteiger partial charge in [-0.2, -0.15) is 0 Å². The summed E-state index contributed by atoms with van der Waals surface area (Å²) >= 11 is 1.66. The van der Waals surface area contributed by atoms with Gasteiger partial charge in [0.1, 0.15) is 4.90 Å². The zero-order valence-corrected chi connectivity index (χ0v) is 13.4. The van der Waals surface area contributed by atoms with Crippen LogP contribution < -0.4 is 16.2 Å². The van der Waals surface area contributed by atoms with Crippen molar-refractivity contribution in [3.8, 4) is 0 Å². The van der Waals surface area contributed by atoms with Gasteiger partial charge in [-0.05, 0) is 30.0 Å². The lowest BCUT2D eigenvalue weighted by Crippen LogP contribution is -2.16. The molecule has 0 fully saturated rings. The molecule has 1 atom stereocenters. The van der Waals surface area contributed by atoms with E-state index in [-0.39, 0.29) is 16.6 Å². The second kappa shape index (κ2) is 6.46. The molecule has 2 rings (SSSR count). The second-order valence-electron chi connectivity index (χ2n) is 4.76. The first-order valence-electron chi connectivity index (χ1n) is 6.64. The average Bonchev–Trinajstić information content (AvgIpc) is 2.93. The minimum atomic E-state index is -3.82. The van der Waals surface area contributed by atoms with E-state index in [2.05, 4.69) is 18.3 Å². The predicted molar refractivity (Wildman–Crippen MR) is 87.8 cm³/mol. The van der Waals surface area contributed by atoms with E-state index in [4.69, 9.17) is 10.9 Å². The molecular formula is C14H19N3O2S2. The maximum Gasteiger partial charge on any atom is 0.240 e. The third kappa shape index (κ3) is 3.75. The van der Waals surface area contributed by atoms with Crippen molar-refractivity contribution in [1.29, 1.82) is 0 Å². The molecule has 21 heavy (non-hydrogen) atoms. The first-order valence-corrected chi connectivity index (χ1v) is 9.07. The number of thiophene rings is 1. The van der Waals surface area contributed by atoms with Gasteiger partial charge in [-0.15, -0.1) is 11.3 Å². The van der Waals surface area contributed by atoms with Crippen LogP contribution in [0.2, 0.25) is 0 Å². The molecule has 0 amide bonds. The molecule has 0 aliphatic rings. The summed E-state index contributed by atoms with van der Waals surface area (Å²) < 4.78 is 23.0. The van der Waals surface area contributed by atoms with Gasteiger partial charge in [-0.3, -0.25) is 0 Å². The van der Waals surface area contributed by atoms with Crippen LogP contribution >= 0.6 is 11.3 Å². The van der Waals surface area contributed by atoms with Crippen molar-refractivity contribution in [1.82, 2.24) is 0 Å². The summed E-state index contributed by atoms with van der Waals surface area (Å²) in [6.07, 6.45) is 1.93. The predicted octanol–water partition coefficient (Wildman–Crippen LogP) is 2.93. The lowest BCUT2D eigenvalue weighted by atomic mass is 10.1. The Morgan fingerprint density at radius 3 is 2.62 bits per heavy atom. The van der Waals surface area contributed by atoms with Crippen LogP contribution in [0.1, 0.15) is 30.7 Å². The van der Waals surface area contributed by atoms with E-state index in [1.165, 1.54) is 10.9 Å². The topological polar surface area (TPSA) is 98.2 Å². The second-order valence-corrected chi connectivity index (χ2v) is 7.27. The summed E-state index contributed by atoms with van der Waals surface area (Å²) in [6, 6.07) is 8.96. The number of rotatable bonds is 6. The number of hydrogen-bond donors (Lipinski definition) is 3. The summed E-state index contributed by atoms with van der Waals surface area (Å²) in [7, 11) is -3.82.